The van der Waals surface area contributed by atoms with Crippen molar-refractivity contribution in [2.45, 2.75) is 6.42 Å². The molecule has 5 nitrogen and oxygen atoms in total. The molecule has 0 spiro atoms. The van der Waals surface area contributed by atoms with Gasteiger partial charge in [0.05, 0.1) is 5.56 Å². The normalized spacial score (nSPS) is 10.1. The van der Waals surface area contributed by atoms with E-state index in [4.69, 9.17) is 5.11 Å². The van der Waals surface area contributed by atoms with E-state index in [1.807, 2.05) is 16.8 Å². The molecule has 110 valence electrons. The van der Waals surface area contributed by atoms with Gasteiger partial charge in [-0.1, -0.05) is 15.9 Å². The zero-order valence-electron chi connectivity index (χ0n) is 10.9. The van der Waals surface area contributed by atoms with Gasteiger partial charge in [-0.2, -0.15) is 11.3 Å². The predicted octanol–water partition coefficient (Wildman–Crippen LogP) is 3.57. The first-order chi connectivity index (χ1) is 10.0. The van der Waals surface area contributed by atoms with E-state index in [1.165, 1.54) is 17.7 Å². The third-order valence-electron chi connectivity index (χ3n) is 2.68. The molecule has 1 heterocycles. The summed E-state index contributed by atoms with van der Waals surface area (Å²) in [6.07, 6.45) is 0.760. The van der Waals surface area contributed by atoms with Crippen molar-refractivity contribution in [3.63, 3.8) is 0 Å². The molecule has 2 aromatic rings. The molecule has 2 amide bonds. The molecule has 3 N–H and O–H groups in total. The van der Waals surface area contributed by atoms with Crippen LogP contribution in [0.15, 0.2) is 39.5 Å². The van der Waals surface area contributed by atoms with Crippen LogP contribution >= 0.6 is 27.3 Å². The highest BCUT2D eigenvalue weighted by Crippen LogP contribution is 2.19. The topological polar surface area (TPSA) is 78.4 Å². The van der Waals surface area contributed by atoms with Crippen LogP contribution in [0.25, 0.3) is 0 Å². The second kappa shape index (κ2) is 7.24. The molecular formula is C14H13BrN2O3S. The van der Waals surface area contributed by atoms with Crippen molar-refractivity contribution in [2.24, 2.45) is 0 Å². The average Bonchev–Trinajstić information content (AvgIpc) is 2.91. The Labute approximate surface area is 134 Å². The maximum absolute atomic E-state index is 11.8. The van der Waals surface area contributed by atoms with Gasteiger partial charge in [-0.05, 0) is 47.0 Å². The summed E-state index contributed by atoms with van der Waals surface area (Å²) in [6.45, 7) is 0.516. The van der Waals surface area contributed by atoms with Crippen molar-refractivity contribution >= 4 is 45.0 Å². The zero-order chi connectivity index (χ0) is 15.2. The second-order valence-electron chi connectivity index (χ2n) is 4.30. The van der Waals surface area contributed by atoms with Gasteiger partial charge in [-0.25, -0.2) is 9.59 Å². The highest BCUT2D eigenvalue weighted by atomic mass is 79.9. The minimum atomic E-state index is -1.04. The van der Waals surface area contributed by atoms with Crippen molar-refractivity contribution < 1.29 is 14.7 Å². The molecule has 0 saturated carbocycles. The highest BCUT2D eigenvalue weighted by Gasteiger charge is 2.08. The van der Waals surface area contributed by atoms with Crippen molar-refractivity contribution in [1.82, 2.24) is 5.32 Å². The van der Waals surface area contributed by atoms with E-state index >= 15 is 0 Å². The lowest BCUT2D eigenvalue weighted by atomic mass is 10.2. The Balaban J connectivity index is 1.88. The Bertz CT molecular complexity index is 644. The summed E-state index contributed by atoms with van der Waals surface area (Å²) in [5.41, 5.74) is 1.71. The van der Waals surface area contributed by atoms with Gasteiger partial charge in [0, 0.05) is 16.7 Å². The summed E-state index contributed by atoms with van der Waals surface area (Å²) < 4.78 is 0.593. The van der Waals surface area contributed by atoms with Gasteiger partial charge in [-0.3, -0.25) is 0 Å². The Morgan fingerprint density at radius 1 is 1.29 bits per heavy atom. The number of amides is 2. The fourth-order valence-corrected chi connectivity index (χ4v) is 2.91. The Kier molecular flexibility index (Phi) is 5.35. The van der Waals surface area contributed by atoms with Crippen LogP contribution in [0.5, 0.6) is 0 Å². The summed E-state index contributed by atoms with van der Waals surface area (Å²) in [7, 11) is 0. The largest absolute Gasteiger partial charge is 0.478 e. The Hall–Kier alpha value is -1.86. The number of carboxylic acids is 1. The van der Waals surface area contributed by atoms with E-state index < -0.39 is 5.97 Å². The number of aromatic carboxylic acids is 1. The Morgan fingerprint density at radius 2 is 2.10 bits per heavy atom. The van der Waals surface area contributed by atoms with Crippen molar-refractivity contribution in [3.8, 4) is 0 Å². The van der Waals surface area contributed by atoms with Crippen LogP contribution in [-0.4, -0.2) is 23.7 Å². The molecule has 0 unspecified atom stereocenters. The van der Waals surface area contributed by atoms with E-state index in [2.05, 4.69) is 26.6 Å². The van der Waals surface area contributed by atoms with Crippen LogP contribution in [0.3, 0.4) is 0 Å². The summed E-state index contributed by atoms with van der Waals surface area (Å²) in [6, 6.07) is 6.18. The molecule has 0 saturated heterocycles. The van der Waals surface area contributed by atoms with Crippen molar-refractivity contribution in [3.05, 3.63) is 50.6 Å². The molecule has 0 radical (unpaired) electrons. The number of carbonyl (C=O) groups is 2. The number of benzene rings is 1. The molecule has 0 aliphatic rings. The van der Waals surface area contributed by atoms with Gasteiger partial charge in [-0.15, -0.1) is 0 Å². The van der Waals surface area contributed by atoms with Crippen LogP contribution in [0.1, 0.15) is 15.9 Å². The second-order valence-corrected chi connectivity index (χ2v) is 5.99. The lowest BCUT2D eigenvalue weighted by Gasteiger charge is -2.08. The predicted molar refractivity (Wildman–Crippen MR) is 86.1 cm³/mol. The van der Waals surface area contributed by atoms with E-state index in [9.17, 15) is 9.59 Å². The number of carbonyl (C=O) groups excluding carboxylic acids is 1. The Morgan fingerprint density at radius 3 is 2.76 bits per heavy atom. The highest BCUT2D eigenvalue weighted by molar-refractivity contribution is 9.10. The number of rotatable bonds is 5. The van der Waals surface area contributed by atoms with E-state index in [-0.39, 0.29) is 11.6 Å². The number of anilines is 1. The van der Waals surface area contributed by atoms with E-state index in [1.54, 1.807) is 17.4 Å². The van der Waals surface area contributed by atoms with Crippen LogP contribution < -0.4 is 10.6 Å². The van der Waals surface area contributed by atoms with Crippen LogP contribution in [0.4, 0.5) is 10.5 Å². The first-order valence-electron chi connectivity index (χ1n) is 6.14. The third-order valence-corrected chi connectivity index (χ3v) is 3.87. The smallest absolute Gasteiger partial charge is 0.335 e. The van der Waals surface area contributed by atoms with Crippen molar-refractivity contribution in [2.75, 3.05) is 11.9 Å². The number of thiophene rings is 1. The maximum Gasteiger partial charge on any atom is 0.335 e. The van der Waals surface area contributed by atoms with Gasteiger partial charge in [0.25, 0.3) is 0 Å². The van der Waals surface area contributed by atoms with Gasteiger partial charge >= 0.3 is 12.0 Å². The quantitative estimate of drug-likeness (QED) is 0.754. The van der Waals surface area contributed by atoms with Gasteiger partial charge in [0.15, 0.2) is 0 Å². The minimum Gasteiger partial charge on any atom is -0.478 e. The summed E-state index contributed by atoms with van der Waals surface area (Å²) >= 11 is 4.83. The number of hydrogen-bond donors (Lipinski definition) is 3. The average molecular weight is 369 g/mol. The standard InChI is InChI=1S/C14H13BrN2O3S/c15-11-5-10(13(18)19)6-12(7-11)17-14(20)16-3-1-9-2-4-21-8-9/h2,4-8H,1,3H2,(H,18,19)(H2,16,17,20). The first-order valence-corrected chi connectivity index (χ1v) is 7.88. The zero-order valence-corrected chi connectivity index (χ0v) is 13.3. The van der Waals surface area contributed by atoms with E-state index in [0.717, 1.165) is 6.42 Å². The molecule has 21 heavy (non-hydrogen) atoms. The van der Waals surface area contributed by atoms with Crippen LogP contribution in [0, 0.1) is 0 Å². The summed E-state index contributed by atoms with van der Waals surface area (Å²) in [4.78, 5) is 22.7. The number of carboxylic acid groups (broad SMARTS) is 1. The number of nitrogens with one attached hydrogen (secondary N) is 2. The minimum absolute atomic E-state index is 0.109. The van der Waals surface area contributed by atoms with E-state index in [0.29, 0.717) is 16.7 Å². The molecule has 7 heteroatoms. The molecule has 0 aliphatic carbocycles. The summed E-state index contributed by atoms with van der Waals surface area (Å²) in [5.74, 6) is -1.04. The number of halogens is 1. The van der Waals surface area contributed by atoms with Crippen molar-refractivity contribution in [1.29, 1.82) is 0 Å². The fraction of sp³-hybridized carbons (Fsp3) is 0.143. The molecule has 0 atom stereocenters. The fourth-order valence-electron chi connectivity index (χ4n) is 1.72. The third kappa shape index (κ3) is 4.87. The molecule has 0 fully saturated rings. The van der Waals surface area contributed by atoms with Crippen LogP contribution in [0.2, 0.25) is 0 Å². The molecule has 0 aliphatic heterocycles. The molecular weight excluding hydrogens is 356 g/mol. The lowest BCUT2D eigenvalue weighted by Crippen LogP contribution is -2.30. The monoisotopic (exact) mass is 368 g/mol. The molecule has 1 aromatic heterocycles. The number of urea groups is 1. The van der Waals surface area contributed by atoms with Gasteiger partial charge < -0.3 is 15.7 Å². The SMILES string of the molecule is O=C(NCCc1ccsc1)Nc1cc(Br)cc(C(=O)O)c1. The maximum atomic E-state index is 11.8. The molecule has 2 rings (SSSR count). The van der Waals surface area contributed by atoms with Gasteiger partial charge in [0.2, 0.25) is 0 Å². The van der Waals surface area contributed by atoms with Crippen LogP contribution in [-0.2, 0) is 6.42 Å². The molecule has 1 aromatic carbocycles. The summed E-state index contributed by atoms with van der Waals surface area (Å²) in [5, 5.41) is 18.3. The number of hydrogen-bond acceptors (Lipinski definition) is 3. The first kappa shape index (κ1) is 15.5. The lowest BCUT2D eigenvalue weighted by molar-refractivity contribution is 0.0697. The van der Waals surface area contributed by atoms with Gasteiger partial charge in [0.1, 0.15) is 0 Å². The molecule has 0 bridgehead atoms.